The van der Waals surface area contributed by atoms with Gasteiger partial charge in [0.05, 0.1) is 29.4 Å². The quantitative estimate of drug-likeness (QED) is 0.711. The van der Waals surface area contributed by atoms with E-state index in [1.807, 2.05) is 5.38 Å². The van der Waals surface area contributed by atoms with Crippen molar-refractivity contribution >= 4 is 26.9 Å². The second-order valence-corrected chi connectivity index (χ2v) is 9.67. The largest absolute Gasteiger partial charge is 0.379 e. The minimum absolute atomic E-state index is 0.277. The number of ether oxygens (including phenoxy) is 1. The van der Waals surface area contributed by atoms with E-state index in [2.05, 4.69) is 11.1 Å². The molecule has 2 heterocycles. The molecule has 8 heteroatoms. The van der Waals surface area contributed by atoms with Gasteiger partial charge in [0.15, 0.2) is 0 Å². The molecular formula is C20H21N3O3S2. The van der Waals surface area contributed by atoms with Crippen molar-refractivity contribution in [1.82, 2.24) is 9.29 Å². The Morgan fingerprint density at radius 1 is 1.14 bits per heavy atom. The number of benzene rings is 1. The van der Waals surface area contributed by atoms with Crippen molar-refractivity contribution in [2.24, 2.45) is 0 Å². The fourth-order valence-corrected chi connectivity index (χ4v) is 5.86. The topological polar surface area (TPSA) is 83.3 Å². The summed E-state index contributed by atoms with van der Waals surface area (Å²) in [5, 5.41) is 12.2. The van der Waals surface area contributed by atoms with Crippen LogP contribution in [0.5, 0.6) is 0 Å². The number of hydrogen-bond acceptors (Lipinski definition) is 6. The number of nitrogens with zero attached hydrogens (tertiary/aromatic N) is 3. The zero-order valence-corrected chi connectivity index (χ0v) is 17.1. The third kappa shape index (κ3) is 3.76. The first-order chi connectivity index (χ1) is 13.6. The number of thiazole rings is 1. The van der Waals surface area contributed by atoms with E-state index in [0.29, 0.717) is 31.9 Å². The van der Waals surface area contributed by atoms with Crippen LogP contribution >= 0.6 is 11.3 Å². The van der Waals surface area contributed by atoms with Gasteiger partial charge < -0.3 is 4.74 Å². The highest BCUT2D eigenvalue weighted by Gasteiger charge is 2.26. The first-order valence-corrected chi connectivity index (χ1v) is 11.7. The maximum Gasteiger partial charge on any atom is 0.243 e. The Hall–Kier alpha value is -2.05. The van der Waals surface area contributed by atoms with Gasteiger partial charge in [0.25, 0.3) is 0 Å². The van der Waals surface area contributed by atoms with Gasteiger partial charge in [-0.1, -0.05) is 12.1 Å². The standard InChI is InChI=1S/C20H21N3O3S2/c21-13-18(15-3-1-2-4-15)20-22-19(14-27-20)16-5-7-17(8-6-16)28(24,25)23-9-11-26-12-10-23/h5-8,14H,1-4,9-12H2. The lowest BCUT2D eigenvalue weighted by Crippen LogP contribution is -2.40. The van der Waals surface area contributed by atoms with Gasteiger partial charge in [-0.15, -0.1) is 11.3 Å². The number of allylic oxidation sites excluding steroid dienone is 2. The molecule has 1 aliphatic carbocycles. The van der Waals surface area contributed by atoms with Crippen molar-refractivity contribution in [3.63, 3.8) is 0 Å². The lowest BCUT2D eigenvalue weighted by molar-refractivity contribution is 0.0730. The Bertz CT molecular complexity index is 1020. The third-order valence-corrected chi connectivity index (χ3v) is 7.92. The summed E-state index contributed by atoms with van der Waals surface area (Å²) in [5.41, 5.74) is 3.52. The zero-order valence-electron chi connectivity index (χ0n) is 15.4. The fraction of sp³-hybridized carbons (Fsp3) is 0.400. The Morgan fingerprint density at radius 2 is 1.82 bits per heavy atom. The molecule has 0 spiro atoms. The van der Waals surface area contributed by atoms with E-state index in [0.717, 1.165) is 41.9 Å². The number of aromatic nitrogens is 1. The first-order valence-electron chi connectivity index (χ1n) is 9.36. The van der Waals surface area contributed by atoms with Crippen LogP contribution in [0.2, 0.25) is 0 Å². The molecule has 2 aromatic rings. The summed E-state index contributed by atoms with van der Waals surface area (Å²) < 4.78 is 32.2. The van der Waals surface area contributed by atoms with Crippen LogP contribution in [-0.2, 0) is 14.8 Å². The number of morpholine rings is 1. The van der Waals surface area contributed by atoms with Gasteiger partial charge in [-0.3, -0.25) is 0 Å². The van der Waals surface area contributed by atoms with E-state index in [1.54, 1.807) is 24.3 Å². The van der Waals surface area contributed by atoms with Crippen LogP contribution < -0.4 is 0 Å². The highest BCUT2D eigenvalue weighted by Crippen LogP contribution is 2.34. The molecule has 0 radical (unpaired) electrons. The van der Waals surface area contributed by atoms with Crippen LogP contribution in [0.3, 0.4) is 0 Å². The average molecular weight is 416 g/mol. The molecule has 1 aromatic heterocycles. The van der Waals surface area contributed by atoms with Crippen molar-refractivity contribution in [3.8, 4) is 17.3 Å². The first kappa shape index (κ1) is 19.3. The maximum atomic E-state index is 12.7. The van der Waals surface area contributed by atoms with Crippen LogP contribution in [-0.4, -0.2) is 44.0 Å². The van der Waals surface area contributed by atoms with Crippen LogP contribution in [0.15, 0.2) is 40.1 Å². The molecule has 0 atom stereocenters. The summed E-state index contributed by atoms with van der Waals surface area (Å²) in [6.07, 6.45) is 4.23. The number of hydrogen-bond donors (Lipinski definition) is 0. The van der Waals surface area contributed by atoms with Crippen molar-refractivity contribution < 1.29 is 13.2 Å². The highest BCUT2D eigenvalue weighted by atomic mass is 32.2. The van der Waals surface area contributed by atoms with Crippen molar-refractivity contribution in [2.75, 3.05) is 26.3 Å². The molecule has 6 nitrogen and oxygen atoms in total. The average Bonchev–Trinajstić information content (AvgIpc) is 3.42. The van der Waals surface area contributed by atoms with Gasteiger partial charge >= 0.3 is 0 Å². The Morgan fingerprint density at radius 3 is 2.46 bits per heavy atom. The van der Waals surface area contributed by atoms with Gasteiger partial charge in [0, 0.05) is 24.0 Å². The summed E-state index contributed by atoms with van der Waals surface area (Å²) in [6.45, 7) is 1.61. The lowest BCUT2D eigenvalue weighted by atomic mass is 10.1. The van der Waals surface area contributed by atoms with Crippen LogP contribution in [0.1, 0.15) is 30.7 Å². The van der Waals surface area contributed by atoms with Crippen molar-refractivity contribution in [2.45, 2.75) is 30.6 Å². The highest BCUT2D eigenvalue weighted by molar-refractivity contribution is 7.89. The molecule has 1 saturated carbocycles. The zero-order chi connectivity index (χ0) is 19.6. The van der Waals surface area contributed by atoms with E-state index < -0.39 is 10.0 Å². The van der Waals surface area contributed by atoms with E-state index >= 15 is 0 Å². The molecule has 0 bridgehead atoms. The summed E-state index contributed by atoms with van der Waals surface area (Å²) in [7, 11) is -3.50. The SMILES string of the molecule is N#CC(=C1CCCC1)c1nc(-c2ccc(S(=O)(=O)N3CCOCC3)cc2)cs1. The summed E-state index contributed by atoms with van der Waals surface area (Å²) >= 11 is 1.46. The summed E-state index contributed by atoms with van der Waals surface area (Å²) in [4.78, 5) is 4.92. The second-order valence-electron chi connectivity index (χ2n) is 6.88. The summed E-state index contributed by atoms with van der Waals surface area (Å²) in [5.74, 6) is 0. The minimum Gasteiger partial charge on any atom is -0.379 e. The van der Waals surface area contributed by atoms with Gasteiger partial charge in [-0.05, 0) is 43.4 Å². The smallest absolute Gasteiger partial charge is 0.243 e. The van der Waals surface area contributed by atoms with Crippen LogP contribution in [0.25, 0.3) is 16.8 Å². The molecule has 1 saturated heterocycles. The monoisotopic (exact) mass is 415 g/mol. The normalized spacial score (nSPS) is 18.2. The van der Waals surface area contributed by atoms with Gasteiger partial charge in [-0.25, -0.2) is 13.4 Å². The van der Waals surface area contributed by atoms with E-state index in [9.17, 15) is 13.7 Å². The van der Waals surface area contributed by atoms with E-state index in [1.165, 1.54) is 21.2 Å². The molecule has 146 valence electrons. The number of sulfonamides is 1. The van der Waals surface area contributed by atoms with Crippen LogP contribution in [0, 0.1) is 11.3 Å². The fourth-order valence-electron chi connectivity index (χ4n) is 3.58. The maximum absolute atomic E-state index is 12.7. The molecule has 0 unspecified atom stereocenters. The Labute approximate surface area is 169 Å². The molecular weight excluding hydrogens is 394 g/mol. The Kier molecular flexibility index (Phi) is 5.60. The van der Waals surface area contributed by atoms with Gasteiger partial charge in [0.1, 0.15) is 11.1 Å². The predicted molar refractivity (Wildman–Crippen MR) is 108 cm³/mol. The number of rotatable bonds is 4. The van der Waals surface area contributed by atoms with E-state index in [4.69, 9.17) is 4.74 Å². The molecule has 2 aliphatic rings. The molecule has 1 aromatic carbocycles. The third-order valence-electron chi connectivity index (χ3n) is 5.15. The van der Waals surface area contributed by atoms with Gasteiger partial charge in [0.2, 0.25) is 10.0 Å². The Balaban J connectivity index is 1.57. The van der Waals surface area contributed by atoms with Crippen molar-refractivity contribution in [3.05, 3.63) is 40.2 Å². The van der Waals surface area contributed by atoms with Crippen molar-refractivity contribution in [1.29, 1.82) is 5.26 Å². The minimum atomic E-state index is -3.50. The molecule has 1 aliphatic heterocycles. The molecule has 0 amide bonds. The predicted octanol–water partition coefficient (Wildman–Crippen LogP) is 3.68. The molecule has 0 N–H and O–H groups in total. The second kappa shape index (κ2) is 8.13. The van der Waals surface area contributed by atoms with Gasteiger partial charge in [-0.2, -0.15) is 9.57 Å². The molecule has 2 fully saturated rings. The lowest BCUT2D eigenvalue weighted by Gasteiger charge is -2.26. The molecule has 4 rings (SSSR count). The van der Waals surface area contributed by atoms with Crippen LogP contribution in [0.4, 0.5) is 0 Å². The number of nitriles is 1. The molecule has 28 heavy (non-hydrogen) atoms. The van der Waals surface area contributed by atoms with E-state index in [-0.39, 0.29) is 4.90 Å². The summed E-state index contributed by atoms with van der Waals surface area (Å²) in [6, 6.07) is 9.13.